The zero-order chi connectivity index (χ0) is 15.1. The van der Waals surface area contributed by atoms with Crippen molar-refractivity contribution >= 4 is 17.6 Å². The highest BCUT2D eigenvalue weighted by Gasteiger charge is 2.08. The van der Waals surface area contributed by atoms with E-state index < -0.39 is 0 Å². The van der Waals surface area contributed by atoms with Crippen LogP contribution in [0.15, 0.2) is 48.7 Å². The van der Waals surface area contributed by atoms with E-state index >= 15 is 0 Å². The standard InChI is InChI=1S/C15H15N3O3/c19-12-7-4-9-16-14(12)18-13(20)8-10-17-15(21)11-5-2-1-3-6-11/h1-7,9,19H,8,10H2,(H,17,21)(H,16,18,20). The number of amides is 2. The Morgan fingerprint density at radius 2 is 1.86 bits per heavy atom. The number of benzene rings is 1. The molecule has 21 heavy (non-hydrogen) atoms. The highest BCUT2D eigenvalue weighted by Crippen LogP contribution is 2.17. The lowest BCUT2D eigenvalue weighted by Gasteiger charge is -2.07. The van der Waals surface area contributed by atoms with Crippen molar-refractivity contribution in [3.63, 3.8) is 0 Å². The van der Waals surface area contributed by atoms with E-state index in [1.807, 2.05) is 6.07 Å². The van der Waals surface area contributed by atoms with Crippen molar-refractivity contribution in [1.29, 1.82) is 0 Å². The minimum Gasteiger partial charge on any atom is -0.504 e. The summed E-state index contributed by atoms with van der Waals surface area (Å²) in [6.45, 7) is 0.202. The molecule has 0 bridgehead atoms. The van der Waals surface area contributed by atoms with E-state index in [0.29, 0.717) is 5.56 Å². The van der Waals surface area contributed by atoms with Crippen molar-refractivity contribution in [2.75, 3.05) is 11.9 Å². The van der Waals surface area contributed by atoms with E-state index in [-0.39, 0.29) is 36.3 Å². The number of rotatable bonds is 5. The van der Waals surface area contributed by atoms with Crippen LogP contribution in [-0.2, 0) is 4.79 Å². The molecule has 0 aliphatic heterocycles. The fraction of sp³-hybridized carbons (Fsp3) is 0.133. The first kappa shape index (κ1) is 14.5. The third-order valence-electron chi connectivity index (χ3n) is 2.72. The molecule has 0 saturated carbocycles. The lowest BCUT2D eigenvalue weighted by molar-refractivity contribution is -0.116. The van der Waals surface area contributed by atoms with Gasteiger partial charge in [0.25, 0.3) is 5.91 Å². The van der Waals surface area contributed by atoms with Gasteiger partial charge in [0.2, 0.25) is 5.91 Å². The predicted octanol–water partition coefficient (Wildman–Crippen LogP) is 1.55. The zero-order valence-electron chi connectivity index (χ0n) is 11.2. The van der Waals surface area contributed by atoms with Crippen molar-refractivity contribution in [3.05, 3.63) is 54.2 Å². The van der Waals surface area contributed by atoms with Crippen molar-refractivity contribution in [2.24, 2.45) is 0 Å². The first-order valence-corrected chi connectivity index (χ1v) is 6.44. The van der Waals surface area contributed by atoms with Gasteiger partial charge in [-0.15, -0.1) is 0 Å². The van der Waals surface area contributed by atoms with Gasteiger partial charge in [-0.25, -0.2) is 4.98 Å². The molecule has 108 valence electrons. The molecule has 2 aromatic rings. The number of nitrogens with zero attached hydrogens (tertiary/aromatic N) is 1. The molecule has 0 aliphatic rings. The Bertz CT molecular complexity index is 629. The van der Waals surface area contributed by atoms with E-state index in [1.54, 1.807) is 30.3 Å². The molecule has 6 nitrogen and oxygen atoms in total. The molecule has 0 unspecified atom stereocenters. The minimum atomic E-state index is -0.336. The van der Waals surface area contributed by atoms with Crippen molar-refractivity contribution in [3.8, 4) is 5.75 Å². The third-order valence-corrected chi connectivity index (χ3v) is 2.72. The van der Waals surface area contributed by atoms with Crippen LogP contribution >= 0.6 is 0 Å². The van der Waals surface area contributed by atoms with E-state index in [1.165, 1.54) is 12.3 Å². The van der Waals surface area contributed by atoms with Crippen LogP contribution in [0, 0.1) is 0 Å². The Kier molecular flexibility index (Phi) is 4.87. The van der Waals surface area contributed by atoms with Gasteiger partial charge in [0.15, 0.2) is 11.6 Å². The molecule has 1 aromatic carbocycles. The monoisotopic (exact) mass is 285 g/mol. The van der Waals surface area contributed by atoms with E-state index in [4.69, 9.17) is 0 Å². The van der Waals surface area contributed by atoms with E-state index in [9.17, 15) is 14.7 Å². The highest BCUT2D eigenvalue weighted by molar-refractivity contribution is 5.95. The lowest BCUT2D eigenvalue weighted by atomic mass is 10.2. The molecule has 1 heterocycles. The maximum atomic E-state index is 11.7. The number of nitrogens with one attached hydrogen (secondary N) is 2. The molecule has 0 fully saturated rings. The zero-order valence-corrected chi connectivity index (χ0v) is 11.2. The summed E-state index contributed by atoms with van der Waals surface area (Å²) in [5.74, 6) is -0.558. The number of anilines is 1. The number of carbonyl (C=O) groups is 2. The van der Waals surface area contributed by atoms with Crippen LogP contribution in [0.5, 0.6) is 5.75 Å². The van der Waals surface area contributed by atoms with Gasteiger partial charge in [0.1, 0.15) is 0 Å². The van der Waals surface area contributed by atoms with Gasteiger partial charge in [-0.1, -0.05) is 18.2 Å². The van der Waals surface area contributed by atoms with Crippen LogP contribution in [0.3, 0.4) is 0 Å². The number of hydrogen-bond acceptors (Lipinski definition) is 4. The lowest BCUT2D eigenvalue weighted by Crippen LogP contribution is -2.27. The Balaban J connectivity index is 1.77. The van der Waals surface area contributed by atoms with Gasteiger partial charge in [-0.3, -0.25) is 9.59 Å². The van der Waals surface area contributed by atoms with Crippen molar-refractivity contribution in [2.45, 2.75) is 6.42 Å². The first-order valence-electron chi connectivity index (χ1n) is 6.44. The molecule has 0 spiro atoms. The van der Waals surface area contributed by atoms with Crippen molar-refractivity contribution < 1.29 is 14.7 Å². The SMILES string of the molecule is O=C(CCNC(=O)c1ccccc1)Nc1ncccc1O. The second-order valence-corrected chi connectivity index (χ2v) is 4.29. The molecule has 2 rings (SSSR count). The van der Waals surface area contributed by atoms with Gasteiger partial charge < -0.3 is 15.7 Å². The van der Waals surface area contributed by atoms with Gasteiger partial charge in [-0.05, 0) is 24.3 Å². The number of aromatic nitrogens is 1. The molecule has 0 saturated heterocycles. The summed E-state index contributed by atoms with van der Waals surface area (Å²) in [6, 6.07) is 11.7. The maximum Gasteiger partial charge on any atom is 0.251 e. The smallest absolute Gasteiger partial charge is 0.251 e. The molecule has 0 atom stereocenters. The normalized spacial score (nSPS) is 9.90. The molecular formula is C15H15N3O3. The molecule has 0 aliphatic carbocycles. The van der Waals surface area contributed by atoms with Gasteiger partial charge in [-0.2, -0.15) is 0 Å². The van der Waals surface area contributed by atoms with Crippen LogP contribution < -0.4 is 10.6 Å². The maximum absolute atomic E-state index is 11.7. The van der Waals surface area contributed by atoms with E-state index in [0.717, 1.165) is 0 Å². The van der Waals surface area contributed by atoms with Crippen LogP contribution in [0.4, 0.5) is 5.82 Å². The average molecular weight is 285 g/mol. The second kappa shape index (κ2) is 7.04. The van der Waals surface area contributed by atoms with Crippen LogP contribution in [0.25, 0.3) is 0 Å². The van der Waals surface area contributed by atoms with Gasteiger partial charge in [0, 0.05) is 24.7 Å². The summed E-state index contributed by atoms with van der Waals surface area (Å²) in [7, 11) is 0. The number of aromatic hydroxyl groups is 1. The number of pyridine rings is 1. The molecule has 1 aromatic heterocycles. The Labute approximate surface area is 121 Å². The summed E-state index contributed by atoms with van der Waals surface area (Å²) in [5.41, 5.74) is 0.542. The number of carbonyl (C=O) groups excluding carboxylic acids is 2. The topological polar surface area (TPSA) is 91.3 Å². The summed E-state index contributed by atoms with van der Waals surface area (Å²) in [4.78, 5) is 27.3. The summed E-state index contributed by atoms with van der Waals surface area (Å²) in [5, 5.41) is 14.6. The fourth-order valence-electron chi connectivity index (χ4n) is 1.67. The molecule has 6 heteroatoms. The van der Waals surface area contributed by atoms with Crippen LogP contribution in [0.2, 0.25) is 0 Å². The quantitative estimate of drug-likeness (QED) is 0.777. The first-order chi connectivity index (χ1) is 10.2. The predicted molar refractivity (Wildman–Crippen MR) is 77.9 cm³/mol. The Morgan fingerprint density at radius 1 is 1.10 bits per heavy atom. The highest BCUT2D eigenvalue weighted by atomic mass is 16.3. The Morgan fingerprint density at radius 3 is 2.57 bits per heavy atom. The molecule has 2 amide bonds. The second-order valence-electron chi connectivity index (χ2n) is 4.29. The Hall–Kier alpha value is -2.89. The fourth-order valence-corrected chi connectivity index (χ4v) is 1.67. The van der Waals surface area contributed by atoms with Gasteiger partial charge in [0.05, 0.1) is 0 Å². The minimum absolute atomic E-state index is 0.0919. The summed E-state index contributed by atoms with van der Waals surface area (Å²) in [6.07, 6.45) is 1.56. The van der Waals surface area contributed by atoms with E-state index in [2.05, 4.69) is 15.6 Å². The van der Waals surface area contributed by atoms with Crippen LogP contribution in [-0.4, -0.2) is 28.4 Å². The molecule has 0 radical (unpaired) electrons. The number of hydrogen-bond donors (Lipinski definition) is 3. The van der Waals surface area contributed by atoms with Gasteiger partial charge >= 0.3 is 0 Å². The molecular weight excluding hydrogens is 270 g/mol. The largest absolute Gasteiger partial charge is 0.504 e. The van der Waals surface area contributed by atoms with Crippen molar-refractivity contribution in [1.82, 2.24) is 10.3 Å². The summed E-state index contributed by atoms with van der Waals surface area (Å²) >= 11 is 0. The van der Waals surface area contributed by atoms with Crippen LogP contribution in [0.1, 0.15) is 16.8 Å². The third kappa shape index (κ3) is 4.31. The molecule has 3 N–H and O–H groups in total. The average Bonchev–Trinajstić information content (AvgIpc) is 2.50. The summed E-state index contributed by atoms with van der Waals surface area (Å²) < 4.78 is 0.